The van der Waals surface area contributed by atoms with Crippen molar-refractivity contribution in [3.63, 3.8) is 0 Å². The van der Waals surface area contributed by atoms with Gasteiger partial charge in [0.1, 0.15) is 11.6 Å². The Morgan fingerprint density at radius 1 is 1.12 bits per heavy atom. The summed E-state index contributed by atoms with van der Waals surface area (Å²) in [4.78, 5) is 16.6. The zero-order chi connectivity index (χ0) is 18.4. The summed E-state index contributed by atoms with van der Waals surface area (Å²) in [5.41, 5.74) is 2.22. The molecule has 4 nitrogen and oxygen atoms in total. The monoisotopic (exact) mass is 368 g/mol. The third kappa shape index (κ3) is 4.90. The van der Waals surface area contributed by atoms with Gasteiger partial charge in [-0.15, -0.1) is 11.3 Å². The zero-order valence-electron chi connectivity index (χ0n) is 15.1. The summed E-state index contributed by atoms with van der Waals surface area (Å²) >= 11 is 1.60. The van der Waals surface area contributed by atoms with E-state index in [1.165, 1.54) is 5.56 Å². The highest BCUT2D eigenvalue weighted by molar-refractivity contribution is 7.18. The number of nitrogens with zero attached hydrogens (tertiary/aromatic N) is 1. The van der Waals surface area contributed by atoms with Crippen molar-refractivity contribution in [3.8, 4) is 0 Å². The lowest BCUT2D eigenvalue weighted by Crippen LogP contribution is -2.33. The van der Waals surface area contributed by atoms with Gasteiger partial charge in [-0.25, -0.2) is 4.98 Å². The van der Waals surface area contributed by atoms with Crippen molar-refractivity contribution >= 4 is 27.5 Å². The predicted molar refractivity (Wildman–Crippen MR) is 106 cm³/mol. The number of hydrogen-bond donors (Lipinski definition) is 1. The average molecular weight is 369 g/mol. The van der Waals surface area contributed by atoms with Gasteiger partial charge in [0.05, 0.1) is 16.8 Å². The number of rotatable bonds is 8. The molecule has 1 atom stereocenters. The molecule has 2 aromatic carbocycles. The number of carbonyl (C=O) groups excluding carboxylic acids is 1. The van der Waals surface area contributed by atoms with E-state index in [4.69, 9.17) is 4.74 Å². The van der Waals surface area contributed by atoms with Crippen molar-refractivity contribution < 1.29 is 9.53 Å². The van der Waals surface area contributed by atoms with Crippen molar-refractivity contribution in [1.82, 2.24) is 10.3 Å². The summed E-state index contributed by atoms with van der Waals surface area (Å²) in [6, 6.07) is 18.3. The molecule has 5 heteroatoms. The third-order valence-electron chi connectivity index (χ3n) is 4.35. The number of carbonyl (C=O) groups is 1. The van der Waals surface area contributed by atoms with E-state index in [0.29, 0.717) is 25.0 Å². The Morgan fingerprint density at radius 3 is 2.58 bits per heavy atom. The minimum Gasteiger partial charge on any atom is -0.364 e. The van der Waals surface area contributed by atoms with Crippen LogP contribution in [0, 0.1) is 5.92 Å². The van der Waals surface area contributed by atoms with Gasteiger partial charge in [-0.2, -0.15) is 0 Å². The summed E-state index contributed by atoms with van der Waals surface area (Å²) in [6.07, 6.45) is 0. The highest BCUT2D eigenvalue weighted by atomic mass is 32.1. The Kier molecular flexibility index (Phi) is 6.36. The molecule has 0 aliphatic heterocycles. The first-order valence-electron chi connectivity index (χ1n) is 8.87. The Balaban J connectivity index is 1.46. The number of aromatic nitrogens is 1. The van der Waals surface area contributed by atoms with Gasteiger partial charge in [0.2, 0.25) is 5.91 Å². The van der Waals surface area contributed by atoms with E-state index in [-0.39, 0.29) is 12.5 Å². The summed E-state index contributed by atoms with van der Waals surface area (Å²) < 4.78 is 6.68. The first kappa shape index (κ1) is 18.5. The van der Waals surface area contributed by atoms with E-state index in [1.807, 2.05) is 42.5 Å². The summed E-state index contributed by atoms with van der Waals surface area (Å²) in [6.45, 7) is 5.38. The van der Waals surface area contributed by atoms with Crippen molar-refractivity contribution in [2.45, 2.75) is 26.4 Å². The molecule has 1 aromatic heterocycles. The van der Waals surface area contributed by atoms with E-state index in [0.717, 1.165) is 15.2 Å². The van der Waals surface area contributed by atoms with Gasteiger partial charge in [0.25, 0.3) is 0 Å². The molecule has 3 aromatic rings. The molecule has 1 N–H and O–H groups in total. The maximum Gasteiger partial charge on any atom is 0.246 e. The summed E-state index contributed by atoms with van der Waals surface area (Å²) in [7, 11) is 0. The molecule has 0 fully saturated rings. The Bertz CT molecular complexity index is 812. The Labute approximate surface area is 158 Å². The van der Waals surface area contributed by atoms with Crippen molar-refractivity contribution in [2.75, 3.05) is 13.2 Å². The van der Waals surface area contributed by atoms with Crippen LogP contribution < -0.4 is 5.32 Å². The van der Waals surface area contributed by atoms with E-state index in [1.54, 1.807) is 11.3 Å². The van der Waals surface area contributed by atoms with Gasteiger partial charge in [0.15, 0.2) is 0 Å². The fourth-order valence-electron chi connectivity index (χ4n) is 2.93. The molecule has 0 aliphatic carbocycles. The van der Waals surface area contributed by atoms with Gasteiger partial charge < -0.3 is 10.1 Å². The predicted octanol–water partition coefficient (Wildman–Crippen LogP) is 4.37. The van der Waals surface area contributed by atoms with Gasteiger partial charge in [0, 0.05) is 12.5 Å². The van der Waals surface area contributed by atoms with Gasteiger partial charge in [-0.3, -0.25) is 4.79 Å². The smallest absolute Gasteiger partial charge is 0.246 e. The Hall–Kier alpha value is -2.24. The molecule has 0 spiro atoms. The number of benzene rings is 2. The van der Waals surface area contributed by atoms with Gasteiger partial charge in [-0.05, 0) is 23.6 Å². The third-order valence-corrected chi connectivity index (χ3v) is 5.36. The summed E-state index contributed by atoms with van der Waals surface area (Å²) in [5.74, 6) is 0.651. The fraction of sp³-hybridized carbons (Fsp3) is 0.333. The van der Waals surface area contributed by atoms with Crippen LogP contribution in [0.1, 0.15) is 30.3 Å². The lowest BCUT2D eigenvalue weighted by Gasteiger charge is -2.21. The molecule has 1 amide bonds. The summed E-state index contributed by atoms with van der Waals surface area (Å²) in [5, 5.41) is 3.89. The second kappa shape index (κ2) is 8.92. The zero-order valence-corrected chi connectivity index (χ0v) is 16.0. The molecular formula is C21H24N2O2S. The van der Waals surface area contributed by atoms with E-state index >= 15 is 0 Å². The lowest BCUT2D eigenvalue weighted by atomic mass is 9.88. The maximum absolute atomic E-state index is 12.1. The number of para-hydroxylation sites is 1. The number of ether oxygens (including phenoxy) is 1. The quantitative estimate of drug-likeness (QED) is 0.642. The van der Waals surface area contributed by atoms with Crippen LogP contribution in [0.5, 0.6) is 0 Å². The normalized spacial score (nSPS) is 12.4. The molecule has 26 heavy (non-hydrogen) atoms. The van der Waals surface area contributed by atoms with E-state index < -0.39 is 0 Å². The van der Waals surface area contributed by atoms with Crippen LogP contribution in [0.3, 0.4) is 0 Å². The first-order valence-corrected chi connectivity index (χ1v) is 9.69. The SMILES string of the molecule is CC(C)[C@@H](CNC(=O)COCc1nc2ccccc2s1)c1ccccc1. The number of fused-ring (bicyclic) bond motifs is 1. The number of thiazole rings is 1. The van der Waals surface area contributed by atoms with Crippen molar-refractivity contribution in [1.29, 1.82) is 0 Å². The molecule has 3 rings (SSSR count). The topological polar surface area (TPSA) is 51.2 Å². The molecule has 0 saturated heterocycles. The molecular weight excluding hydrogens is 344 g/mol. The Morgan fingerprint density at radius 2 is 1.85 bits per heavy atom. The lowest BCUT2D eigenvalue weighted by molar-refractivity contribution is -0.126. The van der Waals surface area contributed by atoms with Crippen LogP contribution >= 0.6 is 11.3 Å². The first-order chi connectivity index (χ1) is 12.6. The van der Waals surface area contributed by atoms with Gasteiger partial charge >= 0.3 is 0 Å². The van der Waals surface area contributed by atoms with Crippen molar-refractivity contribution in [3.05, 3.63) is 65.2 Å². The van der Waals surface area contributed by atoms with Crippen LogP contribution in [-0.4, -0.2) is 24.0 Å². The highest BCUT2D eigenvalue weighted by Crippen LogP contribution is 2.23. The minimum absolute atomic E-state index is 0.0511. The van der Waals surface area contributed by atoms with Crippen molar-refractivity contribution in [2.24, 2.45) is 5.92 Å². The molecule has 0 radical (unpaired) electrons. The van der Waals surface area contributed by atoms with E-state index in [9.17, 15) is 4.79 Å². The minimum atomic E-state index is -0.0901. The van der Waals surface area contributed by atoms with Crippen LogP contribution in [0.15, 0.2) is 54.6 Å². The van der Waals surface area contributed by atoms with Crippen LogP contribution in [0.25, 0.3) is 10.2 Å². The van der Waals surface area contributed by atoms with Gasteiger partial charge in [-0.1, -0.05) is 56.3 Å². The number of nitrogens with one attached hydrogen (secondary N) is 1. The molecule has 1 heterocycles. The maximum atomic E-state index is 12.1. The van der Waals surface area contributed by atoms with Crippen LogP contribution in [-0.2, 0) is 16.1 Å². The van der Waals surface area contributed by atoms with Crippen LogP contribution in [0.2, 0.25) is 0 Å². The standard InChI is InChI=1S/C21H24N2O2S/c1-15(2)17(16-8-4-3-5-9-16)12-22-20(24)13-25-14-21-23-18-10-6-7-11-19(18)26-21/h3-11,15,17H,12-14H2,1-2H3,(H,22,24)/t17-/m1/s1. The van der Waals surface area contributed by atoms with E-state index in [2.05, 4.69) is 36.3 Å². The number of hydrogen-bond acceptors (Lipinski definition) is 4. The second-order valence-corrected chi connectivity index (χ2v) is 7.75. The molecule has 0 aliphatic rings. The average Bonchev–Trinajstić information content (AvgIpc) is 3.05. The largest absolute Gasteiger partial charge is 0.364 e. The molecule has 0 saturated carbocycles. The fourth-order valence-corrected chi connectivity index (χ4v) is 3.83. The molecule has 136 valence electrons. The highest BCUT2D eigenvalue weighted by Gasteiger charge is 2.16. The number of amides is 1. The second-order valence-electron chi connectivity index (χ2n) is 6.63. The molecule has 0 bridgehead atoms. The molecule has 0 unspecified atom stereocenters. The van der Waals surface area contributed by atoms with Crippen LogP contribution in [0.4, 0.5) is 0 Å².